The molecule has 0 spiro atoms. The third kappa shape index (κ3) is 4.84. The Balaban J connectivity index is 0.000000659. The Morgan fingerprint density at radius 1 is 1.17 bits per heavy atom. The molecule has 1 aromatic heterocycles. The van der Waals surface area contributed by atoms with E-state index in [0.717, 1.165) is 29.6 Å². The molecule has 0 atom stereocenters. The Kier molecular flexibility index (Phi) is 8.85. The SMILES string of the molecule is C=C.CC.CCCc1cnc2ccc(Cl)cc2n1. The molecule has 18 heavy (non-hydrogen) atoms. The summed E-state index contributed by atoms with van der Waals surface area (Å²) in [6.45, 7) is 12.1. The Labute approximate surface area is 115 Å². The number of nitrogens with zero attached hydrogens (tertiary/aromatic N) is 2. The van der Waals surface area contributed by atoms with E-state index in [0.29, 0.717) is 5.02 Å². The van der Waals surface area contributed by atoms with Crippen LogP contribution in [0.3, 0.4) is 0 Å². The minimum absolute atomic E-state index is 0.709. The lowest BCUT2D eigenvalue weighted by atomic mass is 10.2. The molecule has 1 heterocycles. The van der Waals surface area contributed by atoms with E-state index in [1.165, 1.54) is 0 Å². The molecule has 0 bridgehead atoms. The predicted molar refractivity (Wildman–Crippen MR) is 81.1 cm³/mol. The van der Waals surface area contributed by atoms with Gasteiger partial charge >= 0.3 is 0 Å². The van der Waals surface area contributed by atoms with Gasteiger partial charge in [-0.25, -0.2) is 4.98 Å². The minimum Gasteiger partial charge on any atom is -0.253 e. The van der Waals surface area contributed by atoms with Gasteiger partial charge in [-0.15, -0.1) is 13.2 Å². The summed E-state index contributed by atoms with van der Waals surface area (Å²) in [6.07, 6.45) is 3.88. The topological polar surface area (TPSA) is 25.8 Å². The lowest BCUT2D eigenvalue weighted by Gasteiger charge is -2.00. The molecule has 0 N–H and O–H groups in total. The monoisotopic (exact) mass is 264 g/mol. The van der Waals surface area contributed by atoms with Gasteiger partial charge in [-0.05, 0) is 24.6 Å². The van der Waals surface area contributed by atoms with Gasteiger partial charge in [-0.2, -0.15) is 0 Å². The molecule has 0 saturated heterocycles. The summed E-state index contributed by atoms with van der Waals surface area (Å²) in [4.78, 5) is 8.80. The van der Waals surface area contributed by atoms with Gasteiger partial charge in [0.15, 0.2) is 0 Å². The van der Waals surface area contributed by atoms with Gasteiger partial charge in [-0.3, -0.25) is 4.98 Å². The third-order valence-electron chi connectivity index (χ3n) is 2.06. The first kappa shape index (κ1) is 16.6. The van der Waals surface area contributed by atoms with Crippen molar-refractivity contribution in [2.75, 3.05) is 0 Å². The zero-order valence-corrected chi connectivity index (χ0v) is 12.2. The molecular weight excluding hydrogens is 244 g/mol. The van der Waals surface area contributed by atoms with E-state index in [-0.39, 0.29) is 0 Å². The molecule has 0 aliphatic heterocycles. The smallest absolute Gasteiger partial charge is 0.0904 e. The van der Waals surface area contributed by atoms with Crippen molar-refractivity contribution in [3.05, 3.63) is 48.3 Å². The second kappa shape index (κ2) is 9.60. The van der Waals surface area contributed by atoms with Crippen LogP contribution in [0.15, 0.2) is 37.6 Å². The van der Waals surface area contributed by atoms with E-state index >= 15 is 0 Å². The van der Waals surface area contributed by atoms with Crippen LogP contribution in [0.2, 0.25) is 5.02 Å². The fraction of sp³-hybridized carbons (Fsp3) is 0.333. The van der Waals surface area contributed by atoms with Crippen LogP contribution in [0.25, 0.3) is 11.0 Å². The van der Waals surface area contributed by atoms with Crippen LogP contribution in [-0.2, 0) is 6.42 Å². The van der Waals surface area contributed by atoms with Crippen molar-refractivity contribution in [2.45, 2.75) is 33.6 Å². The maximum Gasteiger partial charge on any atom is 0.0904 e. The van der Waals surface area contributed by atoms with E-state index in [2.05, 4.69) is 30.0 Å². The van der Waals surface area contributed by atoms with Gasteiger partial charge in [0.05, 0.1) is 16.7 Å². The highest BCUT2D eigenvalue weighted by molar-refractivity contribution is 6.31. The van der Waals surface area contributed by atoms with Gasteiger partial charge < -0.3 is 0 Å². The summed E-state index contributed by atoms with van der Waals surface area (Å²) in [6, 6.07) is 5.57. The van der Waals surface area contributed by atoms with E-state index in [9.17, 15) is 0 Å². The van der Waals surface area contributed by atoms with E-state index in [4.69, 9.17) is 11.6 Å². The maximum absolute atomic E-state index is 5.88. The van der Waals surface area contributed by atoms with Crippen LogP contribution in [0, 0.1) is 0 Å². The van der Waals surface area contributed by atoms with Crippen LogP contribution < -0.4 is 0 Å². The third-order valence-corrected chi connectivity index (χ3v) is 2.30. The van der Waals surface area contributed by atoms with Gasteiger partial charge in [0.25, 0.3) is 0 Å². The molecule has 2 nitrogen and oxygen atoms in total. The number of halogens is 1. The molecule has 0 unspecified atom stereocenters. The van der Waals surface area contributed by atoms with E-state index in [1.54, 1.807) is 0 Å². The molecule has 1 aromatic carbocycles. The quantitative estimate of drug-likeness (QED) is 0.708. The maximum atomic E-state index is 5.88. The van der Waals surface area contributed by atoms with Crippen molar-refractivity contribution in [2.24, 2.45) is 0 Å². The van der Waals surface area contributed by atoms with Crippen LogP contribution in [0.5, 0.6) is 0 Å². The number of benzene rings is 1. The van der Waals surface area contributed by atoms with Gasteiger partial charge in [0, 0.05) is 11.2 Å². The second-order valence-electron chi connectivity index (χ2n) is 3.24. The molecular formula is C15H21ClN2. The lowest BCUT2D eigenvalue weighted by Crippen LogP contribution is -1.92. The summed E-state index contributed by atoms with van der Waals surface area (Å²) in [7, 11) is 0. The van der Waals surface area contributed by atoms with Crippen LogP contribution in [-0.4, -0.2) is 9.97 Å². The fourth-order valence-corrected chi connectivity index (χ4v) is 1.57. The van der Waals surface area contributed by atoms with Crippen molar-refractivity contribution in [3.8, 4) is 0 Å². The largest absolute Gasteiger partial charge is 0.253 e. The van der Waals surface area contributed by atoms with Crippen molar-refractivity contribution in [3.63, 3.8) is 0 Å². The molecule has 2 aromatic rings. The van der Waals surface area contributed by atoms with Crippen LogP contribution >= 0.6 is 11.6 Å². The highest BCUT2D eigenvalue weighted by Crippen LogP contribution is 2.16. The number of rotatable bonds is 2. The van der Waals surface area contributed by atoms with Crippen molar-refractivity contribution < 1.29 is 0 Å². The standard InChI is InChI=1S/C11H11ClN2.C2H6.C2H4/c1-2-3-9-7-13-10-5-4-8(12)6-11(10)14-9;2*1-2/h4-7H,2-3H2,1H3;1-2H3;1-2H2. The Morgan fingerprint density at radius 3 is 2.44 bits per heavy atom. The lowest BCUT2D eigenvalue weighted by molar-refractivity contribution is 0.881. The molecule has 3 heteroatoms. The molecule has 0 amide bonds. The molecule has 2 rings (SSSR count). The second-order valence-corrected chi connectivity index (χ2v) is 3.68. The number of aryl methyl sites for hydroxylation is 1. The summed E-state index contributed by atoms with van der Waals surface area (Å²) in [5.74, 6) is 0. The first-order valence-corrected chi connectivity index (χ1v) is 6.58. The Hall–Kier alpha value is -1.41. The van der Waals surface area contributed by atoms with Crippen molar-refractivity contribution in [1.29, 1.82) is 0 Å². The zero-order valence-electron chi connectivity index (χ0n) is 11.4. The fourth-order valence-electron chi connectivity index (χ4n) is 1.40. The van der Waals surface area contributed by atoms with Crippen LogP contribution in [0.1, 0.15) is 32.9 Å². The molecule has 0 aliphatic rings. The number of fused-ring (bicyclic) bond motifs is 1. The summed E-state index contributed by atoms with van der Waals surface area (Å²) in [5.41, 5.74) is 2.81. The zero-order chi connectivity index (χ0) is 14.0. The summed E-state index contributed by atoms with van der Waals surface area (Å²) >= 11 is 5.88. The molecule has 0 fully saturated rings. The molecule has 0 radical (unpaired) electrons. The first-order chi connectivity index (χ1) is 8.79. The number of hydrogen-bond donors (Lipinski definition) is 0. The highest BCUT2D eigenvalue weighted by atomic mass is 35.5. The molecule has 0 saturated carbocycles. The molecule has 98 valence electrons. The molecule has 0 aliphatic carbocycles. The van der Waals surface area contributed by atoms with Gasteiger partial charge in [-0.1, -0.05) is 38.8 Å². The summed E-state index contributed by atoms with van der Waals surface area (Å²) in [5, 5.41) is 0.709. The minimum atomic E-state index is 0.709. The highest BCUT2D eigenvalue weighted by Gasteiger charge is 1.99. The normalized spacial score (nSPS) is 8.89. The van der Waals surface area contributed by atoms with Crippen molar-refractivity contribution >= 4 is 22.6 Å². The predicted octanol–water partition coefficient (Wildman–Crippen LogP) is 5.06. The number of aromatic nitrogens is 2. The van der Waals surface area contributed by atoms with E-state index in [1.807, 2.05) is 38.2 Å². The van der Waals surface area contributed by atoms with Gasteiger partial charge in [0.1, 0.15) is 0 Å². The van der Waals surface area contributed by atoms with E-state index < -0.39 is 0 Å². The number of hydrogen-bond acceptors (Lipinski definition) is 2. The Bertz CT molecular complexity index is 469. The average molecular weight is 265 g/mol. The average Bonchev–Trinajstić information content (AvgIpc) is 2.43. The van der Waals surface area contributed by atoms with Crippen molar-refractivity contribution in [1.82, 2.24) is 9.97 Å². The first-order valence-electron chi connectivity index (χ1n) is 6.21. The van der Waals surface area contributed by atoms with Crippen LogP contribution in [0.4, 0.5) is 0 Å². The summed E-state index contributed by atoms with van der Waals surface area (Å²) < 4.78 is 0. The Morgan fingerprint density at radius 2 is 1.83 bits per heavy atom. The van der Waals surface area contributed by atoms with Gasteiger partial charge in [0.2, 0.25) is 0 Å².